The fourth-order valence-corrected chi connectivity index (χ4v) is 3.30. The molecule has 2 aromatic rings. The number of nitrogens with one attached hydrogen (secondary N) is 2. The summed E-state index contributed by atoms with van der Waals surface area (Å²) in [6, 6.07) is 11.8. The zero-order valence-electron chi connectivity index (χ0n) is 19.3. The van der Waals surface area contributed by atoms with Crippen LogP contribution < -0.4 is 24.8 Å². The van der Waals surface area contributed by atoms with Crippen molar-refractivity contribution in [2.24, 2.45) is 4.99 Å². The Morgan fingerprint density at radius 1 is 1.09 bits per heavy atom. The summed E-state index contributed by atoms with van der Waals surface area (Å²) in [5.41, 5.74) is 3.11. The second-order valence-electron chi connectivity index (χ2n) is 7.39. The largest absolute Gasteiger partial charge is 0.496 e. The number of guanidine groups is 1. The van der Waals surface area contributed by atoms with E-state index in [0.29, 0.717) is 38.0 Å². The Hall–Kier alpha value is -2.69. The number of carbonyl (C=O) groups is 1. The number of nitrogens with zero attached hydrogens (tertiary/aromatic N) is 1. The zero-order chi connectivity index (χ0) is 22.8. The van der Waals surface area contributed by atoms with E-state index in [1.54, 1.807) is 7.11 Å². The quantitative estimate of drug-likeness (QED) is 0.216. The van der Waals surface area contributed by atoms with Crippen molar-refractivity contribution < 1.29 is 23.7 Å². The zero-order valence-corrected chi connectivity index (χ0v) is 21.6. The van der Waals surface area contributed by atoms with E-state index in [1.165, 1.54) is 12.7 Å². The third kappa shape index (κ3) is 8.30. The number of benzene rings is 2. The first kappa shape index (κ1) is 26.6. The molecule has 0 spiro atoms. The van der Waals surface area contributed by atoms with E-state index in [2.05, 4.69) is 28.6 Å². The van der Waals surface area contributed by atoms with E-state index in [1.807, 2.05) is 30.3 Å². The summed E-state index contributed by atoms with van der Waals surface area (Å²) in [6.07, 6.45) is 1.81. The highest BCUT2D eigenvalue weighted by Crippen LogP contribution is 2.32. The minimum atomic E-state index is -0.298. The lowest BCUT2D eigenvalue weighted by Crippen LogP contribution is -2.33. The van der Waals surface area contributed by atoms with Crippen molar-refractivity contribution >= 4 is 41.6 Å². The van der Waals surface area contributed by atoms with E-state index >= 15 is 0 Å². The minimum absolute atomic E-state index is 0. The molecule has 3 rings (SSSR count). The number of rotatable bonds is 8. The van der Waals surface area contributed by atoms with Gasteiger partial charge in [-0.25, -0.2) is 0 Å². The fourth-order valence-electron chi connectivity index (χ4n) is 3.30. The lowest BCUT2D eigenvalue weighted by atomic mass is 10.1. The van der Waals surface area contributed by atoms with Gasteiger partial charge in [0.05, 0.1) is 40.4 Å². The SMILES string of the molecule is COC(=O)CCN=C(NCCc1cc(C)ccc1OC)Nc1ccc2c(c1)OCCCO2.I. The topological polar surface area (TPSA) is 90.4 Å². The molecule has 1 aliphatic rings. The van der Waals surface area contributed by atoms with Crippen LogP contribution in [0, 0.1) is 6.92 Å². The Bertz CT molecular complexity index is 952. The van der Waals surface area contributed by atoms with Crippen LogP contribution in [-0.4, -0.2) is 52.5 Å². The molecule has 180 valence electrons. The summed E-state index contributed by atoms with van der Waals surface area (Å²) in [7, 11) is 3.05. The van der Waals surface area contributed by atoms with Gasteiger partial charge in [-0.1, -0.05) is 17.7 Å². The molecule has 1 heterocycles. The van der Waals surface area contributed by atoms with Crippen LogP contribution >= 0.6 is 24.0 Å². The molecule has 1 aliphatic heterocycles. The van der Waals surface area contributed by atoms with Gasteiger partial charge in [0, 0.05) is 24.7 Å². The van der Waals surface area contributed by atoms with E-state index in [0.717, 1.165) is 35.6 Å². The molecule has 0 fully saturated rings. The van der Waals surface area contributed by atoms with E-state index in [4.69, 9.17) is 18.9 Å². The number of halogens is 1. The molecule has 0 bridgehead atoms. The highest BCUT2D eigenvalue weighted by molar-refractivity contribution is 14.0. The van der Waals surface area contributed by atoms with Gasteiger partial charge in [-0.2, -0.15) is 0 Å². The van der Waals surface area contributed by atoms with Gasteiger partial charge >= 0.3 is 5.97 Å². The Morgan fingerprint density at radius 2 is 1.88 bits per heavy atom. The molecule has 0 saturated heterocycles. The molecule has 0 atom stereocenters. The number of anilines is 1. The Morgan fingerprint density at radius 3 is 2.64 bits per heavy atom. The van der Waals surface area contributed by atoms with E-state index in [-0.39, 0.29) is 36.4 Å². The van der Waals surface area contributed by atoms with Crippen molar-refractivity contribution in [1.29, 1.82) is 0 Å². The summed E-state index contributed by atoms with van der Waals surface area (Å²) in [4.78, 5) is 16.0. The van der Waals surface area contributed by atoms with Crippen molar-refractivity contribution in [1.82, 2.24) is 5.32 Å². The molecule has 0 aromatic heterocycles. The van der Waals surface area contributed by atoms with Crippen molar-refractivity contribution in [3.63, 3.8) is 0 Å². The summed E-state index contributed by atoms with van der Waals surface area (Å²) >= 11 is 0. The van der Waals surface area contributed by atoms with Crippen molar-refractivity contribution in [2.45, 2.75) is 26.2 Å². The first-order valence-corrected chi connectivity index (χ1v) is 10.7. The number of aliphatic imine (C=N–C) groups is 1. The number of aryl methyl sites for hydroxylation is 1. The van der Waals surface area contributed by atoms with Crippen LogP contribution in [0.3, 0.4) is 0 Å². The molecule has 0 unspecified atom stereocenters. The summed E-state index contributed by atoms with van der Waals surface area (Å²) in [6.45, 7) is 4.26. The molecule has 33 heavy (non-hydrogen) atoms. The maximum absolute atomic E-state index is 11.5. The molecule has 9 heteroatoms. The second-order valence-corrected chi connectivity index (χ2v) is 7.39. The van der Waals surface area contributed by atoms with Crippen molar-refractivity contribution in [3.8, 4) is 17.2 Å². The average Bonchev–Trinajstić information content (AvgIpc) is 3.04. The predicted octanol–water partition coefficient (Wildman–Crippen LogP) is 3.95. The van der Waals surface area contributed by atoms with Gasteiger partial charge in [-0.3, -0.25) is 9.79 Å². The average molecular weight is 569 g/mol. The van der Waals surface area contributed by atoms with Gasteiger partial charge in [0.15, 0.2) is 17.5 Å². The van der Waals surface area contributed by atoms with Crippen molar-refractivity contribution in [3.05, 3.63) is 47.5 Å². The molecule has 0 aliphatic carbocycles. The summed E-state index contributed by atoms with van der Waals surface area (Å²) in [5.74, 6) is 2.56. The van der Waals surface area contributed by atoms with Gasteiger partial charge in [0.25, 0.3) is 0 Å². The number of hydrogen-bond donors (Lipinski definition) is 2. The van der Waals surface area contributed by atoms with Gasteiger partial charge in [-0.15, -0.1) is 24.0 Å². The van der Waals surface area contributed by atoms with Crippen LogP contribution in [0.2, 0.25) is 0 Å². The minimum Gasteiger partial charge on any atom is -0.496 e. The Balaban J connectivity index is 0.00000385. The van der Waals surface area contributed by atoms with E-state index < -0.39 is 0 Å². The number of ether oxygens (including phenoxy) is 4. The van der Waals surface area contributed by atoms with Crippen LogP contribution in [0.5, 0.6) is 17.2 Å². The second kappa shape index (κ2) is 13.8. The van der Waals surface area contributed by atoms with E-state index in [9.17, 15) is 4.79 Å². The van der Waals surface area contributed by atoms with Crippen LogP contribution in [0.15, 0.2) is 41.4 Å². The molecule has 0 radical (unpaired) electrons. The number of fused-ring (bicyclic) bond motifs is 1. The third-order valence-electron chi connectivity index (χ3n) is 4.95. The lowest BCUT2D eigenvalue weighted by Gasteiger charge is -2.15. The molecule has 8 nitrogen and oxygen atoms in total. The van der Waals surface area contributed by atoms with Crippen LogP contribution in [0.25, 0.3) is 0 Å². The molecular formula is C24H32IN3O5. The van der Waals surface area contributed by atoms with Crippen LogP contribution in [0.1, 0.15) is 24.0 Å². The molecule has 0 saturated carbocycles. The Kier molecular flexibility index (Phi) is 11.1. The highest BCUT2D eigenvalue weighted by Gasteiger charge is 2.12. The first-order valence-electron chi connectivity index (χ1n) is 10.7. The van der Waals surface area contributed by atoms with Crippen molar-refractivity contribution in [2.75, 3.05) is 45.8 Å². The maximum Gasteiger partial charge on any atom is 0.307 e. The standard InChI is InChI=1S/C24H31N3O5.HI/c1-17-5-7-20(29-2)18(15-17)9-11-25-24(26-12-10-23(28)30-3)27-19-6-8-21-22(16-19)32-14-4-13-31-21;/h5-8,15-16H,4,9-14H2,1-3H3,(H2,25,26,27);1H. The number of hydrogen-bond acceptors (Lipinski definition) is 6. The molecule has 2 N–H and O–H groups in total. The number of methoxy groups -OCH3 is 2. The Labute approximate surface area is 212 Å². The molecule has 0 amide bonds. The van der Waals surface area contributed by atoms with Gasteiger partial charge in [-0.05, 0) is 37.1 Å². The van der Waals surface area contributed by atoms with Gasteiger partial charge < -0.3 is 29.6 Å². The smallest absolute Gasteiger partial charge is 0.307 e. The monoisotopic (exact) mass is 569 g/mol. The predicted molar refractivity (Wildman–Crippen MR) is 139 cm³/mol. The normalized spacial score (nSPS) is 12.8. The van der Waals surface area contributed by atoms with Crippen LogP contribution in [0.4, 0.5) is 5.69 Å². The number of esters is 1. The molecule has 2 aromatic carbocycles. The highest BCUT2D eigenvalue weighted by atomic mass is 127. The van der Waals surface area contributed by atoms with Gasteiger partial charge in [0.2, 0.25) is 0 Å². The third-order valence-corrected chi connectivity index (χ3v) is 4.95. The fraction of sp³-hybridized carbons (Fsp3) is 0.417. The summed E-state index contributed by atoms with van der Waals surface area (Å²) < 4.78 is 21.6. The number of carbonyl (C=O) groups excluding carboxylic acids is 1. The van der Waals surface area contributed by atoms with Gasteiger partial charge in [0.1, 0.15) is 5.75 Å². The maximum atomic E-state index is 11.5. The van der Waals surface area contributed by atoms with Crippen LogP contribution in [-0.2, 0) is 16.0 Å². The first-order chi connectivity index (χ1) is 15.6. The molecular weight excluding hydrogens is 537 g/mol. The lowest BCUT2D eigenvalue weighted by molar-refractivity contribution is -0.140. The summed E-state index contributed by atoms with van der Waals surface area (Å²) in [5, 5.41) is 6.62.